The van der Waals surface area contributed by atoms with Gasteiger partial charge in [0.15, 0.2) is 5.82 Å². The summed E-state index contributed by atoms with van der Waals surface area (Å²) in [6, 6.07) is 17.9. The minimum absolute atomic E-state index is 0.0139. The summed E-state index contributed by atoms with van der Waals surface area (Å²) >= 11 is 0. The normalized spacial score (nSPS) is 11.0. The third kappa shape index (κ3) is 4.11. The van der Waals surface area contributed by atoms with Crippen LogP contribution in [-0.2, 0) is 13.5 Å². The topological polar surface area (TPSA) is 107 Å². The number of aromatic nitrogens is 6. The van der Waals surface area contributed by atoms with Crippen LogP contribution >= 0.6 is 0 Å². The Balaban J connectivity index is 0.000000202. The maximum atomic E-state index is 13.4. The molecule has 0 amide bonds. The Labute approximate surface area is 205 Å². The van der Waals surface area contributed by atoms with Gasteiger partial charge in [0, 0.05) is 36.4 Å². The Bertz CT molecular complexity index is 1730. The van der Waals surface area contributed by atoms with Crippen LogP contribution in [0, 0.1) is 5.82 Å². The van der Waals surface area contributed by atoms with Crippen LogP contribution in [0.2, 0.25) is 0 Å². The quantitative estimate of drug-likeness (QED) is 0.383. The van der Waals surface area contributed by atoms with Gasteiger partial charge < -0.3 is 10.7 Å². The highest BCUT2D eigenvalue weighted by atomic mass is 19.1. The Morgan fingerprint density at radius 1 is 1.06 bits per heavy atom. The van der Waals surface area contributed by atoms with Crippen molar-refractivity contribution in [2.45, 2.75) is 13.3 Å². The average Bonchev–Trinajstić information content (AvgIpc) is 3.50. The number of anilines is 1. The number of hydrogen-bond donors (Lipinski definition) is 2. The van der Waals surface area contributed by atoms with Crippen LogP contribution in [-0.4, -0.2) is 29.3 Å². The molecule has 2 aromatic carbocycles. The van der Waals surface area contributed by atoms with Crippen LogP contribution in [0.25, 0.3) is 38.6 Å². The molecule has 4 aromatic heterocycles. The first-order chi connectivity index (χ1) is 17.5. The molecule has 8 nitrogen and oxygen atoms in total. The van der Waals surface area contributed by atoms with Gasteiger partial charge in [0.1, 0.15) is 17.8 Å². The second-order valence-electron chi connectivity index (χ2n) is 8.26. The van der Waals surface area contributed by atoms with Crippen molar-refractivity contribution in [3.05, 3.63) is 101 Å². The Morgan fingerprint density at radius 2 is 1.86 bits per heavy atom. The molecule has 0 aliphatic heterocycles. The molecule has 6 rings (SSSR count). The highest BCUT2D eigenvalue weighted by Gasteiger charge is 2.14. The van der Waals surface area contributed by atoms with Crippen LogP contribution in [0.3, 0.4) is 0 Å². The van der Waals surface area contributed by atoms with Crippen molar-refractivity contribution >= 4 is 27.6 Å². The Hall–Kier alpha value is -4.79. The number of nitrogens with two attached hydrogens (primary N) is 1. The fourth-order valence-corrected chi connectivity index (χ4v) is 4.28. The van der Waals surface area contributed by atoms with Crippen LogP contribution in [0.1, 0.15) is 12.6 Å². The number of aryl methyl sites for hydroxylation is 2. The zero-order valence-corrected chi connectivity index (χ0v) is 19.8. The lowest BCUT2D eigenvalue weighted by molar-refractivity contribution is 0.639. The molecule has 0 radical (unpaired) electrons. The van der Waals surface area contributed by atoms with Crippen molar-refractivity contribution in [3.63, 3.8) is 0 Å². The van der Waals surface area contributed by atoms with Gasteiger partial charge in [-0.25, -0.2) is 14.4 Å². The number of aromatic amines is 1. The fourth-order valence-electron chi connectivity index (χ4n) is 4.28. The van der Waals surface area contributed by atoms with Crippen LogP contribution < -0.4 is 11.3 Å². The molecule has 36 heavy (non-hydrogen) atoms. The molecule has 0 saturated carbocycles. The third-order valence-electron chi connectivity index (χ3n) is 5.97. The lowest BCUT2D eigenvalue weighted by Gasteiger charge is -2.15. The Kier molecular flexibility index (Phi) is 6.03. The lowest BCUT2D eigenvalue weighted by atomic mass is 10.0. The zero-order chi connectivity index (χ0) is 25.2. The molecule has 180 valence electrons. The largest absolute Gasteiger partial charge is 0.383 e. The minimum Gasteiger partial charge on any atom is -0.383 e. The van der Waals surface area contributed by atoms with E-state index in [2.05, 4.69) is 33.0 Å². The third-order valence-corrected chi connectivity index (χ3v) is 5.97. The molecule has 0 atom stereocenters. The van der Waals surface area contributed by atoms with Gasteiger partial charge >= 0.3 is 0 Å². The van der Waals surface area contributed by atoms with Gasteiger partial charge in [0.2, 0.25) is 0 Å². The Morgan fingerprint density at radius 3 is 2.56 bits per heavy atom. The van der Waals surface area contributed by atoms with Gasteiger partial charge in [0.05, 0.1) is 17.0 Å². The number of rotatable bonds is 3. The van der Waals surface area contributed by atoms with Crippen molar-refractivity contribution in [3.8, 4) is 16.8 Å². The van der Waals surface area contributed by atoms with E-state index in [0.717, 1.165) is 39.7 Å². The molecule has 0 spiro atoms. The highest BCUT2D eigenvalue weighted by molar-refractivity contribution is 5.96. The van der Waals surface area contributed by atoms with Crippen molar-refractivity contribution < 1.29 is 4.39 Å². The number of H-pyrrole nitrogens is 1. The van der Waals surface area contributed by atoms with E-state index in [1.165, 1.54) is 12.5 Å². The summed E-state index contributed by atoms with van der Waals surface area (Å²) in [5.41, 5.74) is 9.60. The maximum Gasteiger partial charge on any atom is 0.263 e. The van der Waals surface area contributed by atoms with Gasteiger partial charge in [-0.1, -0.05) is 43.3 Å². The van der Waals surface area contributed by atoms with E-state index in [1.54, 1.807) is 10.9 Å². The first-order valence-electron chi connectivity index (χ1n) is 11.4. The first-order valence-corrected chi connectivity index (χ1v) is 11.4. The number of hydrogen-bond acceptors (Lipinski definition) is 5. The fraction of sp³-hybridized carbons (Fsp3) is 0.111. The van der Waals surface area contributed by atoms with E-state index in [-0.39, 0.29) is 16.8 Å². The molecule has 0 aliphatic rings. The molecule has 9 heteroatoms. The molecule has 6 aromatic rings. The highest BCUT2D eigenvalue weighted by Crippen LogP contribution is 2.27. The van der Waals surface area contributed by atoms with Gasteiger partial charge in [0.25, 0.3) is 5.56 Å². The summed E-state index contributed by atoms with van der Waals surface area (Å²) < 4.78 is 16.4. The molecule has 0 unspecified atom stereocenters. The van der Waals surface area contributed by atoms with E-state index in [9.17, 15) is 9.18 Å². The van der Waals surface area contributed by atoms with Crippen LogP contribution in [0.4, 0.5) is 10.2 Å². The second-order valence-corrected chi connectivity index (χ2v) is 8.26. The number of para-hydroxylation sites is 1. The molecule has 0 saturated heterocycles. The predicted octanol–water partition coefficient (Wildman–Crippen LogP) is 4.63. The summed E-state index contributed by atoms with van der Waals surface area (Å²) in [7, 11) is 1.88. The monoisotopic (exact) mass is 481 g/mol. The molecule has 3 N–H and O–H groups in total. The molecule has 0 aliphatic carbocycles. The maximum absolute atomic E-state index is 13.4. The van der Waals surface area contributed by atoms with Crippen molar-refractivity contribution in [2.24, 2.45) is 7.05 Å². The van der Waals surface area contributed by atoms with Gasteiger partial charge in [-0.15, -0.1) is 0 Å². The summed E-state index contributed by atoms with van der Waals surface area (Å²) in [4.78, 5) is 23.5. The number of halogens is 1. The number of fused-ring (bicyclic) bond motifs is 2. The molecular weight excluding hydrogens is 457 g/mol. The number of nitrogen functional groups attached to an aromatic ring is 1. The number of nitrogens with zero attached hydrogens (tertiary/aromatic N) is 5. The van der Waals surface area contributed by atoms with Crippen LogP contribution in [0.5, 0.6) is 0 Å². The number of pyridine rings is 1. The van der Waals surface area contributed by atoms with Crippen molar-refractivity contribution in [1.82, 2.24) is 29.3 Å². The molecule has 4 heterocycles. The van der Waals surface area contributed by atoms with E-state index in [4.69, 9.17) is 5.73 Å². The summed E-state index contributed by atoms with van der Waals surface area (Å²) in [6.07, 6.45) is 7.02. The first kappa shape index (κ1) is 23.0. The van der Waals surface area contributed by atoms with E-state index >= 15 is 0 Å². The zero-order valence-electron chi connectivity index (χ0n) is 19.8. The average molecular weight is 482 g/mol. The second kappa shape index (κ2) is 9.46. The van der Waals surface area contributed by atoms with Crippen LogP contribution in [0.15, 0.2) is 84.3 Å². The smallest absolute Gasteiger partial charge is 0.263 e. The summed E-state index contributed by atoms with van der Waals surface area (Å²) in [5.74, 6) is -0.258. The molecule has 0 fully saturated rings. The molecule has 0 bridgehead atoms. The van der Waals surface area contributed by atoms with Gasteiger partial charge in [-0.2, -0.15) is 5.10 Å². The standard InChI is InChI=1S/C21H19N3O.C6H5FN4/c1-3-17-12-15-8-7-11-19(16-13-22-23(2)14-16)20(15)21(25)24(17)18-9-5-4-6-10-18;7-3-1-9-6-4(3)5(8)10-2-11-6/h4-14H,3H2,1-2H3;1-2H,(H3,8,9,10,11). The summed E-state index contributed by atoms with van der Waals surface area (Å²) in [6.45, 7) is 2.07. The van der Waals surface area contributed by atoms with Crippen molar-refractivity contribution in [1.29, 1.82) is 0 Å². The predicted molar refractivity (Wildman–Crippen MR) is 139 cm³/mol. The lowest BCUT2D eigenvalue weighted by Crippen LogP contribution is -2.22. The number of benzene rings is 2. The van der Waals surface area contributed by atoms with Crippen molar-refractivity contribution in [2.75, 3.05) is 5.73 Å². The minimum atomic E-state index is -0.418. The van der Waals surface area contributed by atoms with Gasteiger partial charge in [-0.3, -0.25) is 14.0 Å². The van der Waals surface area contributed by atoms with E-state index in [0.29, 0.717) is 5.65 Å². The number of nitrogens with one attached hydrogen (secondary N) is 1. The SMILES string of the molecule is CCc1cc2cccc(-c3cnn(C)c3)c2c(=O)n1-c1ccccc1.Nc1ncnc2[nH]cc(F)c12. The summed E-state index contributed by atoms with van der Waals surface area (Å²) in [5, 5.41) is 6.21. The van der Waals surface area contributed by atoms with Gasteiger partial charge in [-0.05, 0) is 35.6 Å². The van der Waals surface area contributed by atoms with E-state index in [1.807, 2.05) is 66.3 Å². The van der Waals surface area contributed by atoms with E-state index < -0.39 is 5.82 Å². The molecular formula is C27H24FN7O.